The van der Waals surface area contributed by atoms with Gasteiger partial charge < -0.3 is 5.73 Å². The molecule has 1 unspecified atom stereocenters. The Morgan fingerprint density at radius 1 is 1.18 bits per heavy atom. The van der Waals surface area contributed by atoms with Crippen LogP contribution in [0.1, 0.15) is 11.6 Å². The summed E-state index contributed by atoms with van der Waals surface area (Å²) in [6.45, 7) is 1.92. The van der Waals surface area contributed by atoms with Gasteiger partial charge in [0.05, 0.1) is 11.5 Å². The zero-order chi connectivity index (χ0) is 12.3. The third-order valence-corrected chi connectivity index (χ3v) is 4.73. The number of nitrogens with zero attached hydrogens (tertiary/aromatic N) is 1. The third kappa shape index (κ3) is 3.52. The van der Waals surface area contributed by atoms with Crippen LogP contribution in [0.4, 0.5) is 0 Å². The van der Waals surface area contributed by atoms with Crippen LogP contribution in [0.5, 0.6) is 0 Å². The fourth-order valence-corrected chi connectivity index (χ4v) is 3.29. The van der Waals surface area contributed by atoms with Crippen LogP contribution in [0.3, 0.4) is 0 Å². The van der Waals surface area contributed by atoms with E-state index in [1.807, 2.05) is 30.3 Å². The predicted octanol–water partition coefficient (Wildman–Crippen LogP) is 0.417. The van der Waals surface area contributed by atoms with Gasteiger partial charge >= 0.3 is 0 Å². The Morgan fingerprint density at radius 3 is 2.35 bits per heavy atom. The van der Waals surface area contributed by atoms with E-state index in [1.165, 1.54) is 0 Å². The molecular weight excluding hydrogens is 236 g/mol. The standard InChI is InChI=1S/C12H18N2O2S/c13-12(11-4-2-1-3-5-11)10-14-6-8-17(15,16)9-7-14/h1-5,12H,6-10,13H2. The molecule has 5 heteroatoms. The van der Waals surface area contributed by atoms with Gasteiger partial charge in [0.25, 0.3) is 0 Å². The topological polar surface area (TPSA) is 63.4 Å². The molecule has 1 atom stereocenters. The quantitative estimate of drug-likeness (QED) is 0.849. The van der Waals surface area contributed by atoms with E-state index >= 15 is 0 Å². The molecule has 1 aliphatic heterocycles. The predicted molar refractivity (Wildman–Crippen MR) is 68.5 cm³/mol. The first-order valence-electron chi connectivity index (χ1n) is 5.80. The van der Waals surface area contributed by atoms with Gasteiger partial charge in [-0.2, -0.15) is 0 Å². The number of sulfone groups is 1. The van der Waals surface area contributed by atoms with E-state index in [0.717, 1.165) is 12.1 Å². The van der Waals surface area contributed by atoms with Gasteiger partial charge in [-0.15, -0.1) is 0 Å². The van der Waals surface area contributed by atoms with Crippen LogP contribution in [0.15, 0.2) is 30.3 Å². The van der Waals surface area contributed by atoms with Crippen LogP contribution in [-0.4, -0.2) is 44.5 Å². The maximum Gasteiger partial charge on any atom is 0.152 e. The van der Waals surface area contributed by atoms with E-state index in [4.69, 9.17) is 5.73 Å². The second kappa shape index (κ2) is 5.16. The van der Waals surface area contributed by atoms with Crippen molar-refractivity contribution in [2.24, 2.45) is 5.73 Å². The molecule has 1 heterocycles. The van der Waals surface area contributed by atoms with Gasteiger partial charge in [-0.1, -0.05) is 30.3 Å². The summed E-state index contributed by atoms with van der Waals surface area (Å²) in [6.07, 6.45) is 0. The van der Waals surface area contributed by atoms with Crippen molar-refractivity contribution in [3.63, 3.8) is 0 Å². The van der Waals surface area contributed by atoms with Crippen molar-refractivity contribution in [3.8, 4) is 0 Å². The smallest absolute Gasteiger partial charge is 0.152 e. The first kappa shape index (κ1) is 12.5. The van der Waals surface area contributed by atoms with Crippen LogP contribution < -0.4 is 5.73 Å². The summed E-state index contributed by atoms with van der Waals surface area (Å²) in [5, 5.41) is 0. The van der Waals surface area contributed by atoms with Gasteiger partial charge in [0.1, 0.15) is 0 Å². The van der Waals surface area contributed by atoms with Gasteiger partial charge in [0.15, 0.2) is 9.84 Å². The summed E-state index contributed by atoms with van der Waals surface area (Å²) in [7, 11) is -2.80. The van der Waals surface area contributed by atoms with E-state index in [2.05, 4.69) is 4.90 Å². The minimum atomic E-state index is -2.80. The van der Waals surface area contributed by atoms with Crippen molar-refractivity contribution in [2.75, 3.05) is 31.1 Å². The maximum absolute atomic E-state index is 11.3. The highest BCUT2D eigenvalue weighted by atomic mass is 32.2. The molecule has 0 saturated carbocycles. The summed E-state index contributed by atoms with van der Waals surface area (Å²) in [4.78, 5) is 2.12. The summed E-state index contributed by atoms with van der Waals surface area (Å²) in [6, 6.07) is 9.86. The molecule has 0 bridgehead atoms. The van der Waals surface area contributed by atoms with E-state index in [0.29, 0.717) is 13.1 Å². The first-order valence-corrected chi connectivity index (χ1v) is 7.62. The first-order chi connectivity index (χ1) is 8.07. The van der Waals surface area contributed by atoms with Crippen LogP contribution in [0.25, 0.3) is 0 Å². The van der Waals surface area contributed by atoms with Crippen LogP contribution in [0.2, 0.25) is 0 Å². The molecule has 0 aromatic heterocycles. The molecule has 2 N–H and O–H groups in total. The van der Waals surface area contributed by atoms with Gasteiger partial charge in [0.2, 0.25) is 0 Å². The van der Waals surface area contributed by atoms with Crippen molar-refractivity contribution < 1.29 is 8.42 Å². The molecule has 17 heavy (non-hydrogen) atoms. The fourth-order valence-electron chi connectivity index (χ4n) is 2.02. The highest BCUT2D eigenvalue weighted by Crippen LogP contribution is 2.13. The van der Waals surface area contributed by atoms with E-state index in [-0.39, 0.29) is 17.5 Å². The van der Waals surface area contributed by atoms with Gasteiger partial charge in [0, 0.05) is 25.7 Å². The summed E-state index contributed by atoms with van der Waals surface area (Å²) < 4.78 is 22.6. The number of nitrogens with two attached hydrogens (primary N) is 1. The average molecular weight is 254 g/mol. The van der Waals surface area contributed by atoms with E-state index in [1.54, 1.807) is 0 Å². The van der Waals surface area contributed by atoms with Crippen LogP contribution in [0, 0.1) is 0 Å². The second-order valence-electron chi connectivity index (χ2n) is 4.47. The highest BCUT2D eigenvalue weighted by molar-refractivity contribution is 7.91. The van der Waals surface area contributed by atoms with Gasteiger partial charge in [-0.05, 0) is 5.56 Å². The molecule has 1 aromatic rings. The SMILES string of the molecule is NC(CN1CCS(=O)(=O)CC1)c1ccccc1. The molecular formula is C12H18N2O2S. The summed E-state index contributed by atoms with van der Waals surface area (Å²) in [5.41, 5.74) is 7.20. The molecule has 0 radical (unpaired) electrons. The third-order valence-electron chi connectivity index (χ3n) is 3.12. The number of hydrogen-bond donors (Lipinski definition) is 1. The van der Waals surface area contributed by atoms with Crippen molar-refractivity contribution in [2.45, 2.75) is 6.04 Å². The molecule has 1 aliphatic rings. The lowest BCUT2D eigenvalue weighted by molar-refractivity contribution is 0.277. The molecule has 2 rings (SSSR count). The lowest BCUT2D eigenvalue weighted by atomic mass is 10.1. The lowest BCUT2D eigenvalue weighted by Gasteiger charge is -2.29. The Balaban J connectivity index is 1.90. The Hall–Kier alpha value is -0.910. The highest BCUT2D eigenvalue weighted by Gasteiger charge is 2.22. The maximum atomic E-state index is 11.3. The molecule has 1 saturated heterocycles. The van der Waals surface area contributed by atoms with Crippen molar-refractivity contribution in [3.05, 3.63) is 35.9 Å². The molecule has 4 nitrogen and oxygen atoms in total. The minimum Gasteiger partial charge on any atom is -0.323 e. The van der Waals surface area contributed by atoms with E-state index < -0.39 is 9.84 Å². The Morgan fingerprint density at radius 2 is 1.76 bits per heavy atom. The Labute approximate surface area is 102 Å². The monoisotopic (exact) mass is 254 g/mol. The zero-order valence-corrected chi connectivity index (χ0v) is 10.6. The van der Waals surface area contributed by atoms with Crippen molar-refractivity contribution >= 4 is 9.84 Å². The summed E-state index contributed by atoms with van der Waals surface area (Å²) >= 11 is 0. The number of benzene rings is 1. The molecule has 1 fully saturated rings. The summed E-state index contributed by atoms with van der Waals surface area (Å²) in [5.74, 6) is 0.517. The Kier molecular flexibility index (Phi) is 3.81. The largest absolute Gasteiger partial charge is 0.323 e. The molecule has 0 aliphatic carbocycles. The van der Waals surface area contributed by atoms with E-state index in [9.17, 15) is 8.42 Å². The average Bonchev–Trinajstić information content (AvgIpc) is 2.33. The molecule has 1 aromatic carbocycles. The molecule has 0 spiro atoms. The fraction of sp³-hybridized carbons (Fsp3) is 0.500. The van der Waals surface area contributed by atoms with Crippen LogP contribution in [-0.2, 0) is 9.84 Å². The number of rotatable bonds is 3. The van der Waals surface area contributed by atoms with Crippen molar-refractivity contribution in [1.29, 1.82) is 0 Å². The molecule has 0 amide bonds. The van der Waals surface area contributed by atoms with Crippen molar-refractivity contribution in [1.82, 2.24) is 4.90 Å². The number of hydrogen-bond acceptors (Lipinski definition) is 4. The molecule has 94 valence electrons. The minimum absolute atomic E-state index is 0.0444. The van der Waals surface area contributed by atoms with Gasteiger partial charge in [-0.25, -0.2) is 8.42 Å². The lowest BCUT2D eigenvalue weighted by Crippen LogP contribution is -2.43. The second-order valence-corrected chi connectivity index (χ2v) is 6.77. The normalized spacial score (nSPS) is 22.2. The van der Waals surface area contributed by atoms with Gasteiger partial charge in [-0.3, -0.25) is 4.90 Å². The zero-order valence-electron chi connectivity index (χ0n) is 9.75. The Bertz CT molecular complexity index is 445. The van der Waals surface area contributed by atoms with Crippen LogP contribution >= 0.6 is 0 Å².